The Labute approximate surface area is 147 Å². The van der Waals surface area contributed by atoms with E-state index in [4.69, 9.17) is 4.74 Å². The third kappa shape index (κ3) is 4.76. The van der Waals surface area contributed by atoms with Crippen LogP contribution in [0.3, 0.4) is 0 Å². The van der Waals surface area contributed by atoms with Gasteiger partial charge in [-0.3, -0.25) is 9.48 Å². The lowest BCUT2D eigenvalue weighted by Gasteiger charge is -2.33. The lowest BCUT2D eigenvalue weighted by atomic mass is 10.0. The van der Waals surface area contributed by atoms with Crippen LogP contribution < -0.4 is 10.6 Å². The van der Waals surface area contributed by atoms with E-state index in [1.165, 1.54) is 0 Å². The first kappa shape index (κ1) is 17.3. The van der Waals surface area contributed by atoms with Crippen molar-refractivity contribution in [1.82, 2.24) is 25.1 Å². The van der Waals surface area contributed by atoms with E-state index in [-0.39, 0.29) is 18.0 Å². The van der Waals surface area contributed by atoms with Crippen LogP contribution in [-0.2, 0) is 23.0 Å². The van der Waals surface area contributed by atoms with Crippen LogP contribution in [0.25, 0.3) is 0 Å². The van der Waals surface area contributed by atoms with E-state index < -0.39 is 0 Å². The second-order valence-corrected chi connectivity index (χ2v) is 6.22. The fraction of sp³-hybridized carbons (Fsp3) is 0.529. The third-order valence-corrected chi connectivity index (χ3v) is 4.34. The molecule has 25 heavy (non-hydrogen) atoms. The first-order valence-electron chi connectivity index (χ1n) is 8.52. The zero-order valence-electron chi connectivity index (χ0n) is 14.6. The summed E-state index contributed by atoms with van der Waals surface area (Å²) >= 11 is 0. The van der Waals surface area contributed by atoms with E-state index in [0.717, 1.165) is 17.9 Å². The quantitative estimate of drug-likeness (QED) is 0.806. The fourth-order valence-corrected chi connectivity index (χ4v) is 2.95. The maximum absolute atomic E-state index is 12.3. The van der Waals surface area contributed by atoms with E-state index in [9.17, 15) is 4.79 Å². The zero-order chi connectivity index (χ0) is 17.6. The van der Waals surface area contributed by atoms with Gasteiger partial charge in [0, 0.05) is 38.2 Å². The molecule has 0 saturated carbocycles. The summed E-state index contributed by atoms with van der Waals surface area (Å²) in [5.74, 6) is 1.49. The van der Waals surface area contributed by atoms with Crippen molar-refractivity contribution in [3.8, 4) is 0 Å². The summed E-state index contributed by atoms with van der Waals surface area (Å²) in [6.45, 7) is 3.03. The minimum Gasteiger partial charge on any atom is -0.379 e. The predicted molar refractivity (Wildman–Crippen MR) is 93.1 cm³/mol. The molecule has 3 rings (SSSR count). The summed E-state index contributed by atoms with van der Waals surface area (Å²) in [5, 5.41) is 10.6. The second kappa shape index (κ2) is 8.06. The summed E-state index contributed by atoms with van der Waals surface area (Å²) in [5.41, 5.74) is 1.05. The smallest absolute Gasteiger partial charge is 0.220 e. The van der Waals surface area contributed by atoms with Gasteiger partial charge >= 0.3 is 0 Å². The number of hydrogen-bond acceptors (Lipinski definition) is 6. The molecule has 1 aliphatic rings. The van der Waals surface area contributed by atoms with E-state index in [1.54, 1.807) is 17.1 Å². The van der Waals surface area contributed by atoms with Gasteiger partial charge in [-0.2, -0.15) is 5.10 Å². The SMILES string of the molecule is Cc1nccc(N[C@@H]2COCC[C@@H]2NC(=O)CCc2ccnn2C)n1. The Kier molecular flexibility index (Phi) is 5.60. The molecule has 0 spiro atoms. The standard InChI is InChI=1S/C17H24N6O2/c1-12-18-8-6-16(20-12)21-15-11-25-10-7-14(15)22-17(24)4-3-13-5-9-19-23(13)2/h5-6,8-9,14-15H,3-4,7,10-11H2,1-2H3,(H,22,24)(H,18,20,21)/t14-,15+/m0/s1. The van der Waals surface area contributed by atoms with Crippen molar-refractivity contribution in [3.05, 3.63) is 36.0 Å². The van der Waals surface area contributed by atoms with Gasteiger partial charge in [0.05, 0.1) is 18.7 Å². The van der Waals surface area contributed by atoms with Crippen LogP contribution in [0.1, 0.15) is 24.4 Å². The number of amides is 1. The number of aromatic nitrogens is 4. The van der Waals surface area contributed by atoms with Crippen LogP contribution >= 0.6 is 0 Å². The third-order valence-electron chi connectivity index (χ3n) is 4.34. The number of carbonyl (C=O) groups is 1. The summed E-state index contributed by atoms with van der Waals surface area (Å²) in [4.78, 5) is 20.8. The molecule has 2 N–H and O–H groups in total. The maximum atomic E-state index is 12.3. The molecule has 1 aliphatic heterocycles. The summed E-state index contributed by atoms with van der Waals surface area (Å²) in [6.07, 6.45) is 5.36. The first-order chi connectivity index (χ1) is 12.1. The summed E-state index contributed by atoms with van der Waals surface area (Å²) < 4.78 is 7.36. The average molecular weight is 344 g/mol. The Balaban J connectivity index is 1.55. The van der Waals surface area contributed by atoms with Gasteiger partial charge in [0.2, 0.25) is 5.91 Å². The summed E-state index contributed by atoms with van der Waals surface area (Å²) in [7, 11) is 1.88. The maximum Gasteiger partial charge on any atom is 0.220 e. The van der Waals surface area contributed by atoms with Crippen molar-refractivity contribution in [2.75, 3.05) is 18.5 Å². The van der Waals surface area contributed by atoms with Crippen molar-refractivity contribution < 1.29 is 9.53 Å². The largest absolute Gasteiger partial charge is 0.379 e. The van der Waals surface area contributed by atoms with Crippen LogP contribution in [0.4, 0.5) is 5.82 Å². The number of ether oxygens (including phenoxy) is 1. The van der Waals surface area contributed by atoms with Crippen LogP contribution in [0.15, 0.2) is 24.5 Å². The van der Waals surface area contributed by atoms with E-state index in [2.05, 4.69) is 25.7 Å². The Morgan fingerprint density at radius 3 is 3.00 bits per heavy atom. The normalized spacial score (nSPS) is 20.2. The molecule has 1 saturated heterocycles. The molecule has 1 amide bonds. The molecule has 0 bridgehead atoms. The van der Waals surface area contributed by atoms with Crippen LogP contribution in [0, 0.1) is 6.92 Å². The van der Waals surface area contributed by atoms with Gasteiger partial charge in [0.1, 0.15) is 11.6 Å². The lowest BCUT2D eigenvalue weighted by molar-refractivity contribution is -0.122. The Morgan fingerprint density at radius 1 is 1.36 bits per heavy atom. The van der Waals surface area contributed by atoms with Crippen molar-refractivity contribution in [3.63, 3.8) is 0 Å². The zero-order valence-corrected chi connectivity index (χ0v) is 14.6. The highest BCUT2D eigenvalue weighted by atomic mass is 16.5. The number of hydrogen-bond donors (Lipinski definition) is 2. The molecule has 0 radical (unpaired) electrons. The lowest BCUT2D eigenvalue weighted by Crippen LogP contribution is -2.52. The van der Waals surface area contributed by atoms with Gasteiger partial charge in [-0.05, 0) is 31.9 Å². The highest BCUT2D eigenvalue weighted by Crippen LogP contribution is 2.14. The topological polar surface area (TPSA) is 94.0 Å². The van der Waals surface area contributed by atoms with Gasteiger partial charge < -0.3 is 15.4 Å². The number of nitrogens with one attached hydrogen (secondary N) is 2. The van der Waals surface area contributed by atoms with Crippen molar-refractivity contribution in [1.29, 1.82) is 0 Å². The molecule has 0 unspecified atom stereocenters. The Morgan fingerprint density at radius 2 is 2.24 bits per heavy atom. The molecule has 0 aliphatic carbocycles. The van der Waals surface area contributed by atoms with Gasteiger partial charge in [0.15, 0.2) is 0 Å². The molecule has 134 valence electrons. The number of anilines is 1. The van der Waals surface area contributed by atoms with Crippen LogP contribution in [-0.4, -0.2) is 51.0 Å². The first-order valence-corrected chi connectivity index (χ1v) is 8.52. The molecule has 8 heteroatoms. The van der Waals surface area contributed by atoms with Crippen molar-refractivity contribution in [2.45, 2.75) is 38.3 Å². The van der Waals surface area contributed by atoms with Crippen LogP contribution in [0.5, 0.6) is 0 Å². The summed E-state index contributed by atoms with van der Waals surface area (Å²) in [6, 6.07) is 3.76. The van der Waals surface area contributed by atoms with Crippen molar-refractivity contribution in [2.24, 2.45) is 7.05 Å². The van der Waals surface area contributed by atoms with Gasteiger partial charge in [0.25, 0.3) is 0 Å². The molecule has 3 heterocycles. The molecule has 8 nitrogen and oxygen atoms in total. The predicted octanol–water partition coefficient (Wildman–Crippen LogP) is 0.837. The molecule has 2 atom stereocenters. The van der Waals surface area contributed by atoms with Gasteiger partial charge in [-0.25, -0.2) is 9.97 Å². The van der Waals surface area contributed by atoms with Gasteiger partial charge in [-0.15, -0.1) is 0 Å². The number of nitrogens with zero attached hydrogens (tertiary/aromatic N) is 4. The molecular weight excluding hydrogens is 320 g/mol. The highest BCUT2D eigenvalue weighted by molar-refractivity contribution is 5.76. The second-order valence-electron chi connectivity index (χ2n) is 6.22. The molecule has 2 aromatic rings. The Hall–Kier alpha value is -2.48. The molecule has 1 fully saturated rings. The number of rotatable bonds is 6. The van der Waals surface area contributed by atoms with E-state index in [0.29, 0.717) is 31.9 Å². The highest BCUT2D eigenvalue weighted by Gasteiger charge is 2.27. The molecule has 2 aromatic heterocycles. The van der Waals surface area contributed by atoms with Crippen molar-refractivity contribution >= 4 is 11.7 Å². The van der Waals surface area contributed by atoms with E-state index >= 15 is 0 Å². The van der Waals surface area contributed by atoms with E-state index in [1.807, 2.05) is 26.1 Å². The molecule has 0 aromatic carbocycles. The number of aryl methyl sites for hydroxylation is 3. The number of carbonyl (C=O) groups excluding carboxylic acids is 1. The minimum atomic E-state index is -0.0105. The van der Waals surface area contributed by atoms with Crippen LogP contribution in [0.2, 0.25) is 0 Å². The monoisotopic (exact) mass is 344 g/mol. The average Bonchev–Trinajstić information content (AvgIpc) is 3.00. The Bertz CT molecular complexity index is 717. The minimum absolute atomic E-state index is 0.0105. The fourth-order valence-electron chi connectivity index (χ4n) is 2.95. The van der Waals surface area contributed by atoms with Gasteiger partial charge in [-0.1, -0.05) is 0 Å². The molecular formula is C17H24N6O2.